The van der Waals surface area contributed by atoms with E-state index in [2.05, 4.69) is 58.1 Å². The van der Waals surface area contributed by atoms with Crippen molar-refractivity contribution in [3.63, 3.8) is 0 Å². The minimum absolute atomic E-state index is 0.589. The van der Waals surface area contributed by atoms with Crippen molar-refractivity contribution in [2.45, 2.75) is 53.6 Å². The molecule has 1 rings (SSSR count). The Morgan fingerprint density at radius 3 is 2.44 bits per heavy atom. The third-order valence-electron chi connectivity index (χ3n) is 3.61. The Bertz CT molecular complexity index is 330. The van der Waals surface area contributed by atoms with E-state index in [0.29, 0.717) is 6.04 Å². The number of nitrogens with one attached hydrogen (secondary N) is 1. The SMILES string of the molecule is CCC(C)C(C)NCc1ccc(C)cc1C. The van der Waals surface area contributed by atoms with Crippen molar-refractivity contribution in [3.05, 3.63) is 34.9 Å². The largest absolute Gasteiger partial charge is 0.310 e. The molecule has 1 heteroatoms. The van der Waals surface area contributed by atoms with Crippen LogP contribution in [0.15, 0.2) is 18.2 Å². The van der Waals surface area contributed by atoms with Crippen molar-refractivity contribution in [1.29, 1.82) is 0 Å². The first-order chi connectivity index (χ1) is 7.54. The number of benzene rings is 1. The second-order valence-corrected chi connectivity index (χ2v) is 4.99. The fourth-order valence-corrected chi connectivity index (χ4v) is 1.87. The molecule has 0 radical (unpaired) electrons. The summed E-state index contributed by atoms with van der Waals surface area (Å²) in [6.07, 6.45) is 1.24. The second kappa shape index (κ2) is 6.05. The summed E-state index contributed by atoms with van der Waals surface area (Å²) in [6.45, 7) is 12.2. The van der Waals surface area contributed by atoms with Gasteiger partial charge in [-0.2, -0.15) is 0 Å². The molecule has 0 aliphatic rings. The molecule has 2 unspecified atom stereocenters. The van der Waals surface area contributed by atoms with E-state index in [1.54, 1.807) is 0 Å². The quantitative estimate of drug-likeness (QED) is 0.793. The van der Waals surface area contributed by atoms with Crippen LogP contribution in [0.1, 0.15) is 43.9 Å². The molecule has 1 aromatic rings. The predicted octanol–water partition coefficient (Wildman–Crippen LogP) is 3.83. The molecular formula is C15H25N. The smallest absolute Gasteiger partial charge is 0.0210 e. The lowest BCUT2D eigenvalue weighted by Crippen LogP contribution is -2.31. The van der Waals surface area contributed by atoms with Crippen molar-refractivity contribution < 1.29 is 0 Å². The Balaban J connectivity index is 2.54. The highest BCUT2D eigenvalue weighted by atomic mass is 14.9. The maximum atomic E-state index is 3.61. The fraction of sp³-hybridized carbons (Fsp3) is 0.600. The van der Waals surface area contributed by atoms with Crippen molar-refractivity contribution in [2.75, 3.05) is 0 Å². The van der Waals surface area contributed by atoms with Crippen molar-refractivity contribution in [2.24, 2.45) is 5.92 Å². The minimum Gasteiger partial charge on any atom is -0.310 e. The van der Waals surface area contributed by atoms with Gasteiger partial charge in [-0.1, -0.05) is 44.0 Å². The first-order valence-corrected chi connectivity index (χ1v) is 6.34. The standard InChI is InChI=1S/C15H25N/c1-6-12(3)14(5)16-10-15-8-7-11(2)9-13(15)4/h7-9,12,14,16H,6,10H2,1-5H3. The van der Waals surface area contributed by atoms with E-state index in [-0.39, 0.29) is 0 Å². The van der Waals surface area contributed by atoms with Crippen LogP contribution in [0.4, 0.5) is 0 Å². The summed E-state index contributed by atoms with van der Waals surface area (Å²) in [6, 6.07) is 7.27. The molecule has 0 saturated carbocycles. The average Bonchev–Trinajstić information content (AvgIpc) is 2.26. The topological polar surface area (TPSA) is 12.0 Å². The monoisotopic (exact) mass is 219 g/mol. The van der Waals surface area contributed by atoms with Gasteiger partial charge in [-0.05, 0) is 37.8 Å². The van der Waals surface area contributed by atoms with E-state index in [4.69, 9.17) is 0 Å². The van der Waals surface area contributed by atoms with Gasteiger partial charge in [0.05, 0.1) is 0 Å². The molecule has 2 atom stereocenters. The van der Waals surface area contributed by atoms with Gasteiger partial charge in [-0.3, -0.25) is 0 Å². The summed E-state index contributed by atoms with van der Waals surface area (Å²) in [4.78, 5) is 0. The highest BCUT2D eigenvalue weighted by molar-refractivity contribution is 5.30. The molecule has 90 valence electrons. The van der Waals surface area contributed by atoms with Crippen LogP contribution in [0.25, 0.3) is 0 Å². The zero-order chi connectivity index (χ0) is 12.1. The van der Waals surface area contributed by atoms with Crippen LogP contribution in [0.2, 0.25) is 0 Å². The molecule has 0 amide bonds. The molecular weight excluding hydrogens is 194 g/mol. The minimum atomic E-state index is 0.589. The van der Waals surface area contributed by atoms with Gasteiger partial charge in [0.1, 0.15) is 0 Å². The molecule has 0 fully saturated rings. The van der Waals surface area contributed by atoms with Crippen LogP contribution in [0.5, 0.6) is 0 Å². The lowest BCUT2D eigenvalue weighted by atomic mass is 10.00. The highest BCUT2D eigenvalue weighted by Gasteiger charge is 2.09. The molecule has 0 bridgehead atoms. The fourth-order valence-electron chi connectivity index (χ4n) is 1.87. The maximum Gasteiger partial charge on any atom is 0.0210 e. The first-order valence-electron chi connectivity index (χ1n) is 6.34. The Kier molecular flexibility index (Phi) is 5.01. The Morgan fingerprint density at radius 2 is 1.88 bits per heavy atom. The average molecular weight is 219 g/mol. The predicted molar refractivity (Wildman–Crippen MR) is 71.7 cm³/mol. The highest BCUT2D eigenvalue weighted by Crippen LogP contribution is 2.12. The van der Waals surface area contributed by atoms with Crippen molar-refractivity contribution >= 4 is 0 Å². The lowest BCUT2D eigenvalue weighted by molar-refractivity contribution is 0.389. The van der Waals surface area contributed by atoms with Gasteiger partial charge >= 0.3 is 0 Å². The summed E-state index contributed by atoms with van der Waals surface area (Å²) in [5, 5.41) is 3.61. The van der Waals surface area contributed by atoms with Crippen LogP contribution in [0, 0.1) is 19.8 Å². The molecule has 0 aliphatic carbocycles. The van der Waals surface area contributed by atoms with Gasteiger partial charge in [0.2, 0.25) is 0 Å². The van der Waals surface area contributed by atoms with Gasteiger partial charge in [-0.15, -0.1) is 0 Å². The van der Waals surface area contributed by atoms with Gasteiger partial charge < -0.3 is 5.32 Å². The first kappa shape index (κ1) is 13.2. The molecule has 1 nitrogen and oxygen atoms in total. The third-order valence-corrected chi connectivity index (χ3v) is 3.61. The summed E-state index contributed by atoms with van der Waals surface area (Å²) in [5.41, 5.74) is 4.15. The summed E-state index contributed by atoms with van der Waals surface area (Å²) >= 11 is 0. The number of rotatable bonds is 5. The molecule has 1 aromatic carbocycles. The van der Waals surface area contributed by atoms with E-state index >= 15 is 0 Å². The maximum absolute atomic E-state index is 3.61. The van der Waals surface area contributed by atoms with Gasteiger partial charge in [-0.25, -0.2) is 0 Å². The summed E-state index contributed by atoms with van der Waals surface area (Å²) in [7, 11) is 0. The van der Waals surface area contributed by atoms with Crippen molar-refractivity contribution in [1.82, 2.24) is 5.32 Å². The van der Waals surface area contributed by atoms with E-state index in [0.717, 1.165) is 12.5 Å². The van der Waals surface area contributed by atoms with Crippen LogP contribution in [0.3, 0.4) is 0 Å². The number of hydrogen-bond donors (Lipinski definition) is 1. The van der Waals surface area contributed by atoms with E-state index in [9.17, 15) is 0 Å². The second-order valence-electron chi connectivity index (χ2n) is 4.99. The third kappa shape index (κ3) is 3.64. The van der Waals surface area contributed by atoms with Crippen LogP contribution >= 0.6 is 0 Å². The van der Waals surface area contributed by atoms with Crippen LogP contribution < -0.4 is 5.32 Å². The number of aryl methyl sites for hydroxylation is 2. The van der Waals surface area contributed by atoms with E-state index in [1.807, 2.05) is 0 Å². The number of hydrogen-bond acceptors (Lipinski definition) is 1. The van der Waals surface area contributed by atoms with Crippen LogP contribution in [-0.2, 0) is 6.54 Å². The van der Waals surface area contributed by atoms with Gasteiger partial charge in [0.15, 0.2) is 0 Å². The molecule has 0 aromatic heterocycles. The van der Waals surface area contributed by atoms with Gasteiger partial charge in [0.25, 0.3) is 0 Å². The molecule has 16 heavy (non-hydrogen) atoms. The molecule has 0 heterocycles. The van der Waals surface area contributed by atoms with E-state index < -0.39 is 0 Å². The van der Waals surface area contributed by atoms with Gasteiger partial charge in [0, 0.05) is 12.6 Å². The van der Waals surface area contributed by atoms with Crippen molar-refractivity contribution in [3.8, 4) is 0 Å². The Labute approximate surface area is 100 Å². The zero-order valence-electron chi connectivity index (χ0n) is 11.3. The normalized spacial score (nSPS) is 14.8. The molecule has 0 spiro atoms. The van der Waals surface area contributed by atoms with Crippen LogP contribution in [-0.4, -0.2) is 6.04 Å². The summed E-state index contributed by atoms with van der Waals surface area (Å²) in [5.74, 6) is 0.741. The zero-order valence-corrected chi connectivity index (χ0v) is 11.3. The lowest BCUT2D eigenvalue weighted by Gasteiger charge is -2.20. The Hall–Kier alpha value is -0.820. The molecule has 0 saturated heterocycles. The Morgan fingerprint density at radius 1 is 1.19 bits per heavy atom. The van der Waals surface area contributed by atoms with E-state index in [1.165, 1.54) is 23.1 Å². The molecule has 1 N–H and O–H groups in total. The molecule has 0 aliphatic heterocycles. The summed E-state index contributed by atoms with van der Waals surface area (Å²) < 4.78 is 0.